The maximum atomic E-state index is 12.0. The third kappa shape index (κ3) is 3.19. The number of nitrogens with one attached hydrogen (secondary N) is 1. The monoisotopic (exact) mass is 240 g/mol. The molecule has 98 valence electrons. The van der Waals surface area contributed by atoms with E-state index < -0.39 is 0 Å². The normalized spacial score (nSPS) is 29.6. The van der Waals surface area contributed by atoms with Crippen LogP contribution < -0.4 is 5.32 Å². The third-order valence-corrected chi connectivity index (χ3v) is 3.93. The molecule has 4 heteroatoms. The van der Waals surface area contributed by atoms with Gasteiger partial charge in [-0.1, -0.05) is 0 Å². The second kappa shape index (κ2) is 6.36. The van der Waals surface area contributed by atoms with E-state index in [1.807, 2.05) is 6.92 Å². The van der Waals surface area contributed by atoms with Crippen molar-refractivity contribution in [1.29, 1.82) is 0 Å². The highest BCUT2D eigenvalue weighted by atomic mass is 16.5. The van der Waals surface area contributed by atoms with Gasteiger partial charge in [0.25, 0.3) is 0 Å². The summed E-state index contributed by atoms with van der Waals surface area (Å²) in [5, 5.41) is 3.45. The maximum absolute atomic E-state index is 12.0. The molecule has 2 rings (SSSR count). The summed E-state index contributed by atoms with van der Waals surface area (Å²) in [6.45, 7) is 5.94. The molecule has 17 heavy (non-hydrogen) atoms. The summed E-state index contributed by atoms with van der Waals surface area (Å²) >= 11 is 0. The van der Waals surface area contributed by atoms with Crippen LogP contribution in [-0.4, -0.2) is 49.7 Å². The lowest BCUT2D eigenvalue weighted by Crippen LogP contribution is -2.46. The van der Waals surface area contributed by atoms with Crippen LogP contribution in [0.5, 0.6) is 0 Å². The summed E-state index contributed by atoms with van der Waals surface area (Å²) < 4.78 is 5.24. The van der Waals surface area contributed by atoms with Crippen LogP contribution in [0, 0.1) is 5.92 Å². The molecule has 0 bridgehead atoms. The van der Waals surface area contributed by atoms with Crippen molar-refractivity contribution in [3.05, 3.63) is 0 Å². The minimum absolute atomic E-state index is 0.180. The van der Waals surface area contributed by atoms with Crippen molar-refractivity contribution in [2.45, 2.75) is 38.6 Å². The van der Waals surface area contributed by atoms with Gasteiger partial charge in [-0.3, -0.25) is 4.79 Å². The van der Waals surface area contributed by atoms with Gasteiger partial charge in [-0.05, 0) is 51.6 Å². The first-order valence-corrected chi connectivity index (χ1v) is 6.91. The standard InChI is InChI=1S/C13H24N2O2/c1-2-17-10-13(16)15-8-4-6-12(15)11-5-3-7-14-9-11/h11-12,14H,2-10H2,1H3. The average molecular weight is 240 g/mol. The van der Waals surface area contributed by atoms with Crippen LogP contribution in [0.4, 0.5) is 0 Å². The van der Waals surface area contributed by atoms with Gasteiger partial charge >= 0.3 is 0 Å². The summed E-state index contributed by atoms with van der Waals surface area (Å²) in [5.74, 6) is 0.830. The number of rotatable bonds is 4. The molecule has 4 nitrogen and oxygen atoms in total. The van der Waals surface area contributed by atoms with E-state index in [2.05, 4.69) is 10.2 Å². The summed E-state index contributed by atoms with van der Waals surface area (Å²) in [4.78, 5) is 14.1. The predicted octanol–water partition coefficient (Wildman–Crippen LogP) is 1.01. The van der Waals surface area contributed by atoms with Gasteiger partial charge in [0.05, 0.1) is 0 Å². The van der Waals surface area contributed by atoms with E-state index in [4.69, 9.17) is 4.74 Å². The minimum Gasteiger partial charge on any atom is -0.372 e. The molecule has 2 fully saturated rings. The molecule has 0 aromatic heterocycles. The number of hydrogen-bond donors (Lipinski definition) is 1. The van der Waals surface area contributed by atoms with E-state index in [1.54, 1.807) is 0 Å². The first-order chi connectivity index (χ1) is 8.33. The highest BCUT2D eigenvalue weighted by Crippen LogP contribution is 2.28. The molecule has 1 N–H and O–H groups in total. The zero-order valence-electron chi connectivity index (χ0n) is 10.8. The van der Waals surface area contributed by atoms with E-state index >= 15 is 0 Å². The Morgan fingerprint density at radius 1 is 1.41 bits per heavy atom. The summed E-state index contributed by atoms with van der Waals surface area (Å²) in [6.07, 6.45) is 4.83. The van der Waals surface area contributed by atoms with E-state index in [-0.39, 0.29) is 12.5 Å². The van der Waals surface area contributed by atoms with Gasteiger partial charge in [0, 0.05) is 19.2 Å². The number of likely N-dealkylation sites (tertiary alicyclic amines) is 1. The molecule has 0 radical (unpaired) electrons. The molecule has 1 amide bonds. The zero-order chi connectivity index (χ0) is 12.1. The van der Waals surface area contributed by atoms with Crippen molar-refractivity contribution >= 4 is 5.91 Å². The van der Waals surface area contributed by atoms with Crippen LogP contribution in [-0.2, 0) is 9.53 Å². The van der Waals surface area contributed by atoms with E-state index in [0.29, 0.717) is 18.6 Å². The lowest BCUT2D eigenvalue weighted by Gasteiger charge is -2.34. The first-order valence-electron chi connectivity index (χ1n) is 6.91. The number of hydrogen-bond acceptors (Lipinski definition) is 3. The molecule has 0 aromatic carbocycles. The minimum atomic E-state index is 0.180. The van der Waals surface area contributed by atoms with Crippen molar-refractivity contribution in [2.24, 2.45) is 5.92 Å². The van der Waals surface area contributed by atoms with Gasteiger partial charge in [0.2, 0.25) is 5.91 Å². The Morgan fingerprint density at radius 2 is 2.29 bits per heavy atom. The molecular weight excluding hydrogens is 216 g/mol. The number of carbonyl (C=O) groups excluding carboxylic acids is 1. The van der Waals surface area contributed by atoms with Crippen LogP contribution in [0.15, 0.2) is 0 Å². The number of amides is 1. The quantitative estimate of drug-likeness (QED) is 0.797. The fraction of sp³-hybridized carbons (Fsp3) is 0.923. The highest BCUT2D eigenvalue weighted by Gasteiger charge is 2.34. The van der Waals surface area contributed by atoms with Crippen molar-refractivity contribution in [1.82, 2.24) is 10.2 Å². The third-order valence-electron chi connectivity index (χ3n) is 3.93. The average Bonchev–Trinajstić information content (AvgIpc) is 2.86. The first kappa shape index (κ1) is 12.8. The molecule has 2 saturated heterocycles. The second-order valence-corrected chi connectivity index (χ2v) is 5.04. The SMILES string of the molecule is CCOCC(=O)N1CCCC1C1CCCNC1. The second-order valence-electron chi connectivity index (χ2n) is 5.04. The zero-order valence-corrected chi connectivity index (χ0v) is 10.8. The van der Waals surface area contributed by atoms with E-state index in [9.17, 15) is 4.79 Å². The Balaban J connectivity index is 1.89. The summed E-state index contributed by atoms with van der Waals surface area (Å²) in [5.41, 5.74) is 0. The van der Waals surface area contributed by atoms with Crippen molar-refractivity contribution in [3.63, 3.8) is 0 Å². The molecule has 2 atom stereocenters. The Morgan fingerprint density at radius 3 is 3.00 bits per heavy atom. The molecule has 2 heterocycles. The van der Waals surface area contributed by atoms with Crippen LogP contribution in [0.2, 0.25) is 0 Å². The van der Waals surface area contributed by atoms with E-state index in [0.717, 1.165) is 26.1 Å². The molecule has 0 saturated carbocycles. The van der Waals surface area contributed by atoms with Crippen molar-refractivity contribution < 1.29 is 9.53 Å². The van der Waals surface area contributed by atoms with Crippen LogP contribution in [0.1, 0.15) is 32.6 Å². The Hall–Kier alpha value is -0.610. The molecule has 2 aliphatic heterocycles. The topological polar surface area (TPSA) is 41.6 Å². The predicted molar refractivity (Wildman–Crippen MR) is 66.8 cm³/mol. The lowest BCUT2D eigenvalue weighted by molar-refractivity contribution is -0.137. The number of ether oxygens (including phenoxy) is 1. The Labute approximate surface area is 104 Å². The summed E-state index contributed by atoms with van der Waals surface area (Å²) in [6, 6.07) is 0.454. The van der Waals surface area contributed by atoms with Gasteiger partial charge in [-0.25, -0.2) is 0 Å². The van der Waals surface area contributed by atoms with Gasteiger partial charge in [-0.15, -0.1) is 0 Å². The molecule has 2 unspecified atom stereocenters. The maximum Gasteiger partial charge on any atom is 0.248 e. The lowest BCUT2D eigenvalue weighted by atomic mass is 9.90. The molecule has 0 aromatic rings. The molecule has 0 aliphatic carbocycles. The Bertz CT molecular complexity index is 252. The van der Waals surface area contributed by atoms with Crippen molar-refractivity contribution in [2.75, 3.05) is 32.8 Å². The van der Waals surface area contributed by atoms with Gasteiger partial charge in [-0.2, -0.15) is 0 Å². The van der Waals surface area contributed by atoms with Gasteiger partial charge in [0.1, 0.15) is 6.61 Å². The van der Waals surface area contributed by atoms with Crippen LogP contribution >= 0.6 is 0 Å². The van der Waals surface area contributed by atoms with E-state index in [1.165, 1.54) is 19.3 Å². The number of piperidine rings is 1. The molecule has 2 aliphatic rings. The van der Waals surface area contributed by atoms with Crippen LogP contribution in [0.25, 0.3) is 0 Å². The molecule has 0 spiro atoms. The van der Waals surface area contributed by atoms with Gasteiger partial charge < -0.3 is 15.0 Å². The van der Waals surface area contributed by atoms with Crippen molar-refractivity contribution in [3.8, 4) is 0 Å². The smallest absolute Gasteiger partial charge is 0.248 e. The summed E-state index contributed by atoms with van der Waals surface area (Å²) in [7, 11) is 0. The number of nitrogens with zero attached hydrogens (tertiary/aromatic N) is 1. The van der Waals surface area contributed by atoms with Gasteiger partial charge in [0.15, 0.2) is 0 Å². The largest absolute Gasteiger partial charge is 0.372 e. The fourth-order valence-corrected chi connectivity index (χ4v) is 3.07. The molecular formula is C13H24N2O2. The Kier molecular flexibility index (Phi) is 4.80. The fourth-order valence-electron chi connectivity index (χ4n) is 3.07. The number of carbonyl (C=O) groups is 1. The van der Waals surface area contributed by atoms with Crippen LogP contribution in [0.3, 0.4) is 0 Å². The highest BCUT2D eigenvalue weighted by molar-refractivity contribution is 5.78.